The second-order valence-corrected chi connectivity index (χ2v) is 5.75. The van der Waals surface area contributed by atoms with Gasteiger partial charge in [0.2, 0.25) is 0 Å². The number of fused-ring (bicyclic) bond motifs is 1. The first kappa shape index (κ1) is 15.8. The highest BCUT2D eigenvalue weighted by atomic mass is 32.1. The number of benzene rings is 1. The van der Waals surface area contributed by atoms with Gasteiger partial charge in [-0.3, -0.25) is 24.3 Å². The Kier molecular flexibility index (Phi) is 4.09. The number of non-ortho nitro benzene ring substituents is 1. The van der Waals surface area contributed by atoms with E-state index in [1.54, 1.807) is 17.5 Å². The van der Waals surface area contributed by atoms with Crippen LogP contribution < -0.4 is 5.56 Å². The number of methoxy groups -OCH3 is 1. The Balaban J connectivity index is 2.12. The second-order valence-electron chi connectivity index (χ2n) is 4.89. The first-order chi connectivity index (χ1) is 11.5. The zero-order valence-electron chi connectivity index (χ0n) is 12.5. The average molecular weight is 345 g/mol. The summed E-state index contributed by atoms with van der Waals surface area (Å²) in [7, 11) is 1.24. The Bertz CT molecular complexity index is 991. The number of nitro benzene ring substituents is 1. The molecule has 0 radical (unpaired) electrons. The predicted molar refractivity (Wildman–Crippen MR) is 88.0 cm³/mol. The predicted octanol–water partition coefficient (Wildman–Crippen LogP) is 2.21. The van der Waals surface area contributed by atoms with E-state index < -0.39 is 10.9 Å². The van der Waals surface area contributed by atoms with Crippen LogP contribution in [0.15, 0.2) is 40.8 Å². The number of hydrogen-bond donors (Lipinski definition) is 0. The van der Waals surface area contributed by atoms with Crippen LogP contribution in [0.4, 0.5) is 5.69 Å². The molecular weight excluding hydrogens is 334 g/mol. The van der Waals surface area contributed by atoms with Crippen molar-refractivity contribution in [2.24, 2.45) is 0 Å². The van der Waals surface area contributed by atoms with Gasteiger partial charge in [-0.05, 0) is 17.7 Å². The highest BCUT2D eigenvalue weighted by Crippen LogP contribution is 2.31. The van der Waals surface area contributed by atoms with Gasteiger partial charge in [-0.2, -0.15) is 0 Å². The molecule has 1 aromatic carbocycles. The molecular formula is C15H11N3O5S. The Morgan fingerprint density at radius 3 is 2.71 bits per heavy atom. The zero-order chi connectivity index (χ0) is 17.3. The number of nitro groups is 1. The Morgan fingerprint density at radius 2 is 2.08 bits per heavy atom. The third-order valence-electron chi connectivity index (χ3n) is 3.48. The standard InChI is InChI=1S/C15H11N3O5S/c1-23-12(19)6-17-8-16-14-13(15(17)20)11(7-24-14)9-2-4-10(5-3-9)18(21)22/h2-5,7-8H,6H2,1H3. The van der Waals surface area contributed by atoms with Crippen LogP contribution in [0.3, 0.4) is 0 Å². The third kappa shape index (κ3) is 2.76. The smallest absolute Gasteiger partial charge is 0.325 e. The molecule has 0 saturated carbocycles. The van der Waals surface area contributed by atoms with E-state index in [9.17, 15) is 19.7 Å². The lowest BCUT2D eigenvalue weighted by atomic mass is 10.1. The minimum Gasteiger partial charge on any atom is -0.468 e. The highest BCUT2D eigenvalue weighted by Gasteiger charge is 2.15. The first-order valence-corrected chi connectivity index (χ1v) is 7.67. The van der Waals surface area contributed by atoms with Gasteiger partial charge < -0.3 is 4.74 Å². The summed E-state index contributed by atoms with van der Waals surface area (Å²) in [5.41, 5.74) is 0.905. The van der Waals surface area contributed by atoms with Crippen LogP contribution in [0.1, 0.15) is 0 Å². The van der Waals surface area contributed by atoms with Crippen LogP contribution in [0.25, 0.3) is 21.3 Å². The molecule has 9 heteroatoms. The van der Waals surface area contributed by atoms with Crippen molar-refractivity contribution in [2.75, 3.05) is 7.11 Å². The van der Waals surface area contributed by atoms with E-state index in [1.165, 1.54) is 41.5 Å². The van der Waals surface area contributed by atoms with E-state index in [-0.39, 0.29) is 17.8 Å². The fraction of sp³-hybridized carbons (Fsp3) is 0.133. The van der Waals surface area contributed by atoms with Crippen LogP contribution in [0.2, 0.25) is 0 Å². The molecule has 0 atom stereocenters. The summed E-state index contributed by atoms with van der Waals surface area (Å²) in [6.45, 7) is -0.228. The summed E-state index contributed by atoms with van der Waals surface area (Å²) in [5, 5.41) is 12.9. The van der Waals surface area contributed by atoms with Crippen molar-refractivity contribution in [3.63, 3.8) is 0 Å². The summed E-state index contributed by atoms with van der Waals surface area (Å²) in [6.07, 6.45) is 1.30. The van der Waals surface area contributed by atoms with Crippen molar-refractivity contribution < 1.29 is 14.5 Å². The van der Waals surface area contributed by atoms with E-state index in [0.29, 0.717) is 21.3 Å². The van der Waals surface area contributed by atoms with Crippen molar-refractivity contribution >= 4 is 33.2 Å². The molecule has 3 rings (SSSR count). The van der Waals surface area contributed by atoms with Crippen molar-refractivity contribution in [1.29, 1.82) is 0 Å². The number of esters is 1. The van der Waals surface area contributed by atoms with Crippen LogP contribution >= 0.6 is 11.3 Å². The van der Waals surface area contributed by atoms with Crippen molar-refractivity contribution in [3.8, 4) is 11.1 Å². The molecule has 0 unspecified atom stereocenters. The number of hydrogen-bond acceptors (Lipinski definition) is 7. The van der Waals surface area contributed by atoms with Gasteiger partial charge in [0, 0.05) is 23.1 Å². The topological polar surface area (TPSA) is 104 Å². The van der Waals surface area contributed by atoms with E-state index in [2.05, 4.69) is 9.72 Å². The van der Waals surface area contributed by atoms with Gasteiger partial charge in [-0.25, -0.2) is 4.98 Å². The lowest BCUT2D eigenvalue weighted by molar-refractivity contribution is -0.384. The number of rotatable bonds is 4. The fourth-order valence-corrected chi connectivity index (χ4v) is 3.17. The molecule has 0 fully saturated rings. The molecule has 0 aliphatic carbocycles. The molecule has 0 bridgehead atoms. The molecule has 122 valence electrons. The number of nitrogens with zero attached hydrogens (tertiary/aromatic N) is 3. The SMILES string of the molecule is COC(=O)Cn1cnc2scc(-c3ccc([N+](=O)[O-])cc3)c2c1=O. The minimum absolute atomic E-state index is 0.0282. The van der Waals surface area contributed by atoms with Gasteiger partial charge in [-0.15, -0.1) is 11.3 Å². The van der Waals surface area contributed by atoms with E-state index in [0.717, 1.165) is 0 Å². The van der Waals surface area contributed by atoms with Crippen LogP contribution in [0, 0.1) is 10.1 Å². The van der Waals surface area contributed by atoms with E-state index >= 15 is 0 Å². The van der Waals surface area contributed by atoms with Gasteiger partial charge in [0.05, 0.1) is 23.7 Å². The quantitative estimate of drug-likeness (QED) is 0.408. The molecule has 0 saturated heterocycles. The molecule has 2 heterocycles. The van der Waals surface area contributed by atoms with Crippen LogP contribution in [-0.4, -0.2) is 27.6 Å². The fourth-order valence-electron chi connectivity index (χ4n) is 2.26. The molecule has 2 aromatic heterocycles. The normalized spacial score (nSPS) is 10.7. The summed E-state index contributed by atoms with van der Waals surface area (Å²) in [5.74, 6) is -0.551. The third-order valence-corrected chi connectivity index (χ3v) is 4.36. The summed E-state index contributed by atoms with van der Waals surface area (Å²) >= 11 is 1.29. The van der Waals surface area contributed by atoms with Gasteiger partial charge >= 0.3 is 5.97 Å². The van der Waals surface area contributed by atoms with Gasteiger partial charge in [0.15, 0.2) is 0 Å². The number of carbonyl (C=O) groups is 1. The molecule has 0 aliphatic heterocycles. The monoisotopic (exact) mass is 345 g/mol. The van der Waals surface area contributed by atoms with E-state index in [1.807, 2.05) is 0 Å². The molecule has 0 aliphatic rings. The lowest BCUT2D eigenvalue weighted by Crippen LogP contribution is -2.25. The Hall–Kier alpha value is -3.07. The maximum atomic E-state index is 12.6. The molecule has 0 amide bonds. The maximum Gasteiger partial charge on any atom is 0.325 e. The Morgan fingerprint density at radius 1 is 1.38 bits per heavy atom. The van der Waals surface area contributed by atoms with Crippen LogP contribution in [0.5, 0.6) is 0 Å². The largest absolute Gasteiger partial charge is 0.468 e. The molecule has 24 heavy (non-hydrogen) atoms. The summed E-state index contributed by atoms with van der Waals surface area (Å²) < 4.78 is 5.74. The van der Waals surface area contributed by atoms with Crippen molar-refractivity contribution in [2.45, 2.75) is 6.54 Å². The first-order valence-electron chi connectivity index (χ1n) is 6.79. The molecule has 8 nitrogen and oxygen atoms in total. The maximum absolute atomic E-state index is 12.6. The van der Waals surface area contributed by atoms with Gasteiger partial charge in [0.25, 0.3) is 11.2 Å². The lowest BCUT2D eigenvalue weighted by Gasteiger charge is -2.04. The molecule has 0 N–H and O–H groups in total. The second kappa shape index (κ2) is 6.20. The van der Waals surface area contributed by atoms with Crippen LogP contribution in [-0.2, 0) is 16.1 Å². The average Bonchev–Trinajstić information content (AvgIpc) is 3.02. The van der Waals surface area contributed by atoms with Crippen molar-refractivity contribution in [1.82, 2.24) is 9.55 Å². The van der Waals surface area contributed by atoms with Crippen molar-refractivity contribution in [3.05, 3.63) is 56.4 Å². The minimum atomic E-state index is -0.551. The number of carbonyl (C=O) groups excluding carboxylic acids is 1. The van der Waals surface area contributed by atoms with E-state index in [4.69, 9.17) is 0 Å². The highest BCUT2D eigenvalue weighted by molar-refractivity contribution is 7.17. The number of thiophene rings is 1. The Labute approximate surface area is 139 Å². The zero-order valence-corrected chi connectivity index (χ0v) is 13.3. The number of aromatic nitrogens is 2. The van der Waals surface area contributed by atoms with Gasteiger partial charge in [-0.1, -0.05) is 0 Å². The molecule has 0 spiro atoms. The summed E-state index contributed by atoms with van der Waals surface area (Å²) in [6, 6.07) is 5.91. The van der Waals surface area contributed by atoms with Gasteiger partial charge in [0.1, 0.15) is 11.4 Å². The molecule has 3 aromatic rings. The number of ether oxygens (including phenoxy) is 1. The summed E-state index contributed by atoms with van der Waals surface area (Å²) in [4.78, 5) is 39.0.